The van der Waals surface area contributed by atoms with Gasteiger partial charge in [0.2, 0.25) is 0 Å². The van der Waals surface area contributed by atoms with Gasteiger partial charge in [-0.25, -0.2) is 0 Å². The summed E-state index contributed by atoms with van der Waals surface area (Å²) in [5.41, 5.74) is 3.74. The van der Waals surface area contributed by atoms with Crippen LogP contribution in [0.1, 0.15) is 45.2 Å². The highest BCUT2D eigenvalue weighted by Gasteiger charge is 2.23. The Bertz CT molecular complexity index is 426. The van der Waals surface area contributed by atoms with Gasteiger partial charge in [-0.1, -0.05) is 45.9 Å². The van der Waals surface area contributed by atoms with Crippen molar-refractivity contribution in [2.45, 2.75) is 54.0 Å². The number of para-hydroxylation sites is 1. The smallest absolute Gasteiger partial charge is 0.171 e. The van der Waals surface area contributed by atoms with Gasteiger partial charge >= 0.3 is 0 Å². The zero-order valence-electron chi connectivity index (χ0n) is 12.9. The van der Waals surface area contributed by atoms with Gasteiger partial charge in [-0.2, -0.15) is 0 Å². The topological polar surface area (TPSA) is 24.1 Å². The first-order valence-electron chi connectivity index (χ1n) is 6.89. The number of hydrogen-bond acceptors (Lipinski definition) is 1. The van der Waals surface area contributed by atoms with E-state index >= 15 is 0 Å². The molecule has 1 aromatic rings. The maximum Gasteiger partial charge on any atom is 0.171 e. The molecule has 0 spiro atoms. The summed E-state index contributed by atoms with van der Waals surface area (Å²) in [5.74, 6) is 0. The molecule has 0 aliphatic carbocycles. The first kappa shape index (κ1) is 16.0. The lowest BCUT2D eigenvalue weighted by atomic mass is 9.85. The van der Waals surface area contributed by atoms with Crippen molar-refractivity contribution in [1.82, 2.24) is 5.32 Å². The van der Waals surface area contributed by atoms with Gasteiger partial charge < -0.3 is 10.6 Å². The molecular weight excluding hydrogens is 252 g/mol. The highest BCUT2D eigenvalue weighted by molar-refractivity contribution is 7.80. The van der Waals surface area contributed by atoms with Crippen LogP contribution in [0.25, 0.3) is 0 Å². The molecule has 1 unspecified atom stereocenters. The molecule has 0 fully saturated rings. The Morgan fingerprint density at radius 3 is 2.16 bits per heavy atom. The maximum atomic E-state index is 5.44. The summed E-state index contributed by atoms with van der Waals surface area (Å²) in [5, 5.41) is 7.47. The van der Waals surface area contributed by atoms with Gasteiger partial charge in [-0.05, 0) is 49.0 Å². The van der Waals surface area contributed by atoms with E-state index in [1.807, 2.05) is 0 Å². The Morgan fingerprint density at radius 1 is 1.21 bits per heavy atom. The van der Waals surface area contributed by atoms with Crippen LogP contribution in [0.3, 0.4) is 0 Å². The van der Waals surface area contributed by atoms with Crippen LogP contribution in [0, 0.1) is 19.3 Å². The van der Waals surface area contributed by atoms with Crippen LogP contribution in [-0.4, -0.2) is 11.2 Å². The van der Waals surface area contributed by atoms with Crippen molar-refractivity contribution in [1.29, 1.82) is 0 Å². The van der Waals surface area contributed by atoms with E-state index in [4.69, 9.17) is 12.2 Å². The van der Waals surface area contributed by atoms with E-state index in [0.29, 0.717) is 11.2 Å². The molecule has 2 N–H and O–H groups in total. The summed E-state index contributed by atoms with van der Waals surface area (Å²) < 4.78 is 0. The van der Waals surface area contributed by atoms with Crippen molar-refractivity contribution in [3.8, 4) is 0 Å². The molecule has 0 amide bonds. The number of hydrogen-bond donors (Lipinski definition) is 2. The lowest BCUT2D eigenvalue weighted by molar-refractivity contribution is 0.290. The van der Waals surface area contributed by atoms with Crippen LogP contribution in [0.15, 0.2) is 18.2 Å². The number of benzene rings is 1. The van der Waals surface area contributed by atoms with E-state index in [0.717, 1.165) is 12.1 Å². The van der Waals surface area contributed by atoms with E-state index in [-0.39, 0.29) is 5.41 Å². The first-order chi connectivity index (χ1) is 8.75. The summed E-state index contributed by atoms with van der Waals surface area (Å²) in [6.07, 6.45) is 1.05. The van der Waals surface area contributed by atoms with Gasteiger partial charge in [-0.15, -0.1) is 0 Å². The lowest BCUT2D eigenvalue weighted by Gasteiger charge is -2.32. The molecule has 1 rings (SSSR count). The molecule has 0 saturated heterocycles. The molecule has 106 valence electrons. The normalized spacial score (nSPS) is 12.9. The summed E-state index contributed by atoms with van der Waals surface area (Å²) in [6, 6.07) is 6.63. The Morgan fingerprint density at radius 2 is 1.74 bits per heavy atom. The summed E-state index contributed by atoms with van der Waals surface area (Å²) in [7, 11) is 0. The third-order valence-corrected chi connectivity index (χ3v) is 3.70. The number of anilines is 1. The molecule has 0 saturated carbocycles. The first-order valence-corrected chi connectivity index (χ1v) is 7.30. The maximum absolute atomic E-state index is 5.44. The number of nitrogens with one attached hydrogen (secondary N) is 2. The molecule has 19 heavy (non-hydrogen) atoms. The lowest BCUT2D eigenvalue weighted by Crippen LogP contribution is -2.45. The van der Waals surface area contributed by atoms with E-state index in [1.54, 1.807) is 0 Å². The Labute approximate surface area is 123 Å². The van der Waals surface area contributed by atoms with Gasteiger partial charge in [0.05, 0.1) is 0 Å². The number of aryl methyl sites for hydroxylation is 2. The SMILES string of the molecule is CCC(NC(=S)Nc1c(C)cccc1C)C(C)(C)C. The van der Waals surface area contributed by atoms with Gasteiger partial charge in [0.15, 0.2) is 5.11 Å². The fraction of sp³-hybridized carbons (Fsp3) is 0.562. The highest BCUT2D eigenvalue weighted by Crippen LogP contribution is 2.23. The average Bonchev–Trinajstić information content (AvgIpc) is 2.29. The van der Waals surface area contributed by atoms with E-state index in [9.17, 15) is 0 Å². The number of rotatable bonds is 3. The standard InChI is InChI=1S/C16H26N2S/c1-7-13(16(4,5)6)17-15(19)18-14-11(2)9-8-10-12(14)3/h8-10,13H,7H2,1-6H3,(H2,17,18,19). The average molecular weight is 278 g/mol. The van der Waals surface area contributed by atoms with E-state index < -0.39 is 0 Å². The van der Waals surface area contributed by atoms with Crippen molar-refractivity contribution in [3.63, 3.8) is 0 Å². The predicted octanol–water partition coefficient (Wildman–Crippen LogP) is 4.41. The second-order valence-electron chi connectivity index (χ2n) is 6.19. The Hall–Kier alpha value is -1.09. The second-order valence-corrected chi connectivity index (χ2v) is 6.60. The molecule has 1 aromatic carbocycles. The van der Waals surface area contributed by atoms with Crippen LogP contribution in [0.2, 0.25) is 0 Å². The predicted molar refractivity (Wildman–Crippen MR) is 88.8 cm³/mol. The number of thiocarbonyl (C=S) groups is 1. The van der Waals surface area contributed by atoms with Crippen LogP contribution in [-0.2, 0) is 0 Å². The third kappa shape index (κ3) is 4.50. The minimum atomic E-state index is 0.196. The molecule has 0 aromatic heterocycles. The van der Waals surface area contributed by atoms with Crippen LogP contribution < -0.4 is 10.6 Å². The fourth-order valence-electron chi connectivity index (χ4n) is 2.25. The van der Waals surface area contributed by atoms with Crippen LogP contribution in [0.5, 0.6) is 0 Å². The molecule has 0 radical (unpaired) electrons. The Balaban J connectivity index is 2.76. The molecule has 0 heterocycles. The molecule has 3 heteroatoms. The molecule has 2 nitrogen and oxygen atoms in total. The van der Waals surface area contributed by atoms with Crippen LogP contribution in [0.4, 0.5) is 5.69 Å². The fourth-order valence-corrected chi connectivity index (χ4v) is 2.49. The summed E-state index contributed by atoms with van der Waals surface area (Å²) in [6.45, 7) is 13.1. The van der Waals surface area contributed by atoms with Crippen molar-refractivity contribution in [2.24, 2.45) is 5.41 Å². The van der Waals surface area contributed by atoms with Gasteiger partial charge in [-0.3, -0.25) is 0 Å². The third-order valence-electron chi connectivity index (χ3n) is 3.48. The second kappa shape index (κ2) is 6.38. The van der Waals surface area contributed by atoms with E-state index in [1.165, 1.54) is 11.1 Å². The zero-order chi connectivity index (χ0) is 14.6. The highest BCUT2D eigenvalue weighted by atomic mass is 32.1. The minimum absolute atomic E-state index is 0.196. The monoisotopic (exact) mass is 278 g/mol. The minimum Gasteiger partial charge on any atom is -0.359 e. The molecule has 0 bridgehead atoms. The molecule has 0 aliphatic rings. The van der Waals surface area contributed by atoms with Crippen molar-refractivity contribution >= 4 is 23.0 Å². The largest absolute Gasteiger partial charge is 0.359 e. The molecule has 1 atom stereocenters. The van der Waals surface area contributed by atoms with Crippen molar-refractivity contribution in [2.75, 3.05) is 5.32 Å². The molecular formula is C16H26N2S. The van der Waals surface area contributed by atoms with Crippen molar-refractivity contribution < 1.29 is 0 Å². The summed E-state index contributed by atoms with van der Waals surface area (Å²) in [4.78, 5) is 0. The Kier molecular flexibility index (Phi) is 5.36. The van der Waals surface area contributed by atoms with Crippen molar-refractivity contribution in [3.05, 3.63) is 29.3 Å². The van der Waals surface area contributed by atoms with Gasteiger partial charge in [0.1, 0.15) is 0 Å². The summed E-state index contributed by atoms with van der Waals surface area (Å²) >= 11 is 5.44. The van der Waals surface area contributed by atoms with Gasteiger partial charge in [0.25, 0.3) is 0 Å². The zero-order valence-corrected chi connectivity index (χ0v) is 13.7. The van der Waals surface area contributed by atoms with Crippen LogP contribution >= 0.6 is 12.2 Å². The quantitative estimate of drug-likeness (QED) is 0.801. The molecule has 0 aliphatic heterocycles. The van der Waals surface area contributed by atoms with Gasteiger partial charge in [0, 0.05) is 11.7 Å². The van der Waals surface area contributed by atoms with E-state index in [2.05, 4.69) is 70.4 Å².